The largest absolute Gasteiger partial charge is 0.477 e. The van der Waals surface area contributed by atoms with Crippen molar-refractivity contribution in [1.82, 2.24) is 0 Å². The highest BCUT2D eigenvalue weighted by atomic mass is 35.5. The molecule has 106 valence electrons. The Morgan fingerprint density at radius 1 is 1.35 bits per heavy atom. The summed E-state index contributed by atoms with van der Waals surface area (Å²) in [5, 5.41) is 10.2. The van der Waals surface area contributed by atoms with Gasteiger partial charge in [-0.25, -0.2) is 4.79 Å². The third-order valence-electron chi connectivity index (χ3n) is 2.92. The fourth-order valence-corrected chi connectivity index (χ4v) is 2.96. The lowest BCUT2D eigenvalue weighted by Crippen LogP contribution is -1.93. The molecule has 0 spiro atoms. The minimum Gasteiger partial charge on any atom is -0.477 e. The van der Waals surface area contributed by atoms with E-state index in [1.165, 1.54) is 6.07 Å². The first kappa shape index (κ1) is 14.9. The molecule has 0 aliphatic carbocycles. The Kier molecular flexibility index (Phi) is 4.35. The lowest BCUT2D eigenvalue weighted by molar-refractivity contribution is 0.0702. The van der Waals surface area contributed by atoms with Crippen LogP contribution < -0.4 is 4.74 Å². The summed E-state index contributed by atoms with van der Waals surface area (Å²) in [6.07, 6.45) is 0. The molecule has 5 heteroatoms. The molecule has 3 nitrogen and oxygen atoms in total. The Hall–Kier alpha value is -1.52. The number of aryl methyl sites for hydroxylation is 1. The third-order valence-corrected chi connectivity index (χ3v) is 4.20. The van der Waals surface area contributed by atoms with Crippen molar-refractivity contribution in [2.45, 2.75) is 26.7 Å². The van der Waals surface area contributed by atoms with Gasteiger partial charge in [0.15, 0.2) is 5.06 Å². The van der Waals surface area contributed by atoms with Gasteiger partial charge in [0.05, 0.1) is 0 Å². The first-order valence-electron chi connectivity index (χ1n) is 6.19. The van der Waals surface area contributed by atoms with Crippen molar-refractivity contribution in [3.05, 3.63) is 45.3 Å². The first-order chi connectivity index (χ1) is 9.38. The fourth-order valence-electron chi connectivity index (χ4n) is 1.82. The average Bonchev–Trinajstić information content (AvgIpc) is 2.80. The van der Waals surface area contributed by atoms with Crippen molar-refractivity contribution in [1.29, 1.82) is 0 Å². The van der Waals surface area contributed by atoms with Gasteiger partial charge in [-0.2, -0.15) is 0 Å². The molecular weight excluding hydrogens is 296 g/mol. The van der Waals surface area contributed by atoms with Crippen molar-refractivity contribution in [2.24, 2.45) is 0 Å². The molecule has 20 heavy (non-hydrogen) atoms. The second-order valence-corrected chi connectivity index (χ2v) is 6.27. The summed E-state index contributed by atoms with van der Waals surface area (Å²) in [6, 6.07) is 6.99. The molecule has 0 saturated heterocycles. The topological polar surface area (TPSA) is 46.5 Å². The van der Waals surface area contributed by atoms with E-state index in [-0.39, 0.29) is 4.88 Å². The van der Waals surface area contributed by atoms with E-state index in [1.54, 1.807) is 6.07 Å². The molecule has 0 fully saturated rings. The molecule has 0 bridgehead atoms. The zero-order chi connectivity index (χ0) is 14.9. The molecule has 0 aliphatic heterocycles. The van der Waals surface area contributed by atoms with Crippen LogP contribution >= 0.6 is 22.9 Å². The standard InChI is InChI=1S/C15H15ClO3S/c1-8(2)10-7-12(9(3)6-11(10)16)19-14-5-4-13(20-14)15(17)18/h4-8H,1-3H3,(H,17,18). The summed E-state index contributed by atoms with van der Waals surface area (Å²) in [5.41, 5.74) is 1.94. The van der Waals surface area contributed by atoms with Gasteiger partial charge in [-0.05, 0) is 48.2 Å². The molecule has 0 unspecified atom stereocenters. The van der Waals surface area contributed by atoms with Crippen molar-refractivity contribution >= 4 is 28.9 Å². The van der Waals surface area contributed by atoms with Crippen molar-refractivity contribution in [3.63, 3.8) is 0 Å². The number of hydrogen-bond acceptors (Lipinski definition) is 3. The average molecular weight is 311 g/mol. The van der Waals surface area contributed by atoms with Gasteiger partial charge in [0, 0.05) is 5.02 Å². The molecule has 1 aromatic heterocycles. The van der Waals surface area contributed by atoms with Gasteiger partial charge >= 0.3 is 5.97 Å². The quantitative estimate of drug-likeness (QED) is 0.831. The monoisotopic (exact) mass is 310 g/mol. The second kappa shape index (κ2) is 5.85. The third kappa shape index (κ3) is 3.14. The maximum atomic E-state index is 10.9. The summed E-state index contributed by atoms with van der Waals surface area (Å²) in [4.78, 5) is 11.1. The molecule has 0 amide bonds. The minimum absolute atomic E-state index is 0.260. The molecule has 0 atom stereocenters. The van der Waals surface area contributed by atoms with Crippen molar-refractivity contribution in [2.75, 3.05) is 0 Å². The Morgan fingerprint density at radius 3 is 2.60 bits per heavy atom. The van der Waals surface area contributed by atoms with Crippen molar-refractivity contribution in [3.8, 4) is 10.8 Å². The second-order valence-electron chi connectivity index (χ2n) is 4.82. The van der Waals surface area contributed by atoms with Crippen LogP contribution in [0.4, 0.5) is 0 Å². The van der Waals surface area contributed by atoms with Gasteiger partial charge in [0.2, 0.25) is 0 Å². The number of halogens is 1. The Labute approximate surface area is 126 Å². The molecule has 0 aliphatic rings. The van der Waals surface area contributed by atoms with Crippen LogP contribution in [0.5, 0.6) is 10.8 Å². The van der Waals surface area contributed by atoms with Crippen LogP contribution in [0.15, 0.2) is 24.3 Å². The first-order valence-corrected chi connectivity index (χ1v) is 7.39. The summed E-state index contributed by atoms with van der Waals surface area (Å²) in [5.74, 6) is 0.0563. The maximum absolute atomic E-state index is 10.9. The minimum atomic E-state index is -0.944. The molecule has 1 N–H and O–H groups in total. The van der Waals surface area contributed by atoms with Gasteiger partial charge in [0.25, 0.3) is 0 Å². The number of carboxylic acids is 1. The number of hydrogen-bond donors (Lipinski definition) is 1. The lowest BCUT2D eigenvalue weighted by Gasteiger charge is -2.13. The molecule has 2 aromatic rings. The van der Waals surface area contributed by atoms with E-state index in [1.807, 2.05) is 19.1 Å². The van der Waals surface area contributed by atoms with E-state index in [9.17, 15) is 4.79 Å². The highest BCUT2D eigenvalue weighted by molar-refractivity contribution is 7.15. The summed E-state index contributed by atoms with van der Waals surface area (Å²) in [7, 11) is 0. The van der Waals surface area contributed by atoms with E-state index in [0.29, 0.717) is 16.7 Å². The van der Waals surface area contributed by atoms with Crippen LogP contribution in [-0.2, 0) is 0 Å². The lowest BCUT2D eigenvalue weighted by atomic mass is 10.0. The van der Waals surface area contributed by atoms with E-state index >= 15 is 0 Å². The van der Waals surface area contributed by atoms with Crippen LogP contribution in [0.3, 0.4) is 0 Å². The number of ether oxygens (including phenoxy) is 1. The summed E-state index contributed by atoms with van der Waals surface area (Å²) in [6.45, 7) is 6.04. The van der Waals surface area contributed by atoms with E-state index in [2.05, 4.69) is 13.8 Å². The van der Waals surface area contributed by atoms with Gasteiger partial charge in [-0.3, -0.25) is 0 Å². The zero-order valence-electron chi connectivity index (χ0n) is 11.4. The number of rotatable bonds is 4. The Morgan fingerprint density at radius 2 is 2.05 bits per heavy atom. The molecule has 0 saturated carbocycles. The smallest absolute Gasteiger partial charge is 0.345 e. The van der Waals surface area contributed by atoms with Crippen molar-refractivity contribution < 1.29 is 14.6 Å². The fraction of sp³-hybridized carbons (Fsp3) is 0.267. The zero-order valence-corrected chi connectivity index (χ0v) is 13.0. The van der Waals surface area contributed by atoms with Gasteiger partial charge in [-0.1, -0.05) is 36.8 Å². The summed E-state index contributed by atoms with van der Waals surface area (Å²) < 4.78 is 5.78. The van der Waals surface area contributed by atoms with E-state index in [0.717, 1.165) is 27.5 Å². The number of carbonyl (C=O) groups is 1. The Bertz CT molecular complexity index is 647. The molecular formula is C15H15ClO3S. The predicted molar refractivity (Wildman–Crippen MR) is 81.6 cm³/mol. The highest BCUT2D eigenvalue weighted by Crippen LogP contribution is 2.36. The Balaban J connectivity index is 2.32. The maximum Gasteiger partial charge on any atom is 0.345 e. The predicted octanol–water partition coefficient (Wildman–Crippen LogP) is 5.32. The van der Waals surface area contributed by atoms with Crippen LogP contribution in [0.1, 0.15) is 40.6 Å². The number of benzene rings is 1. The molecule has 2 rings (SSSR count). The van der Waals surface area contributed by atoms with Crippen LogP contribution in [0, 0.1) is 6.92 Å². The number of thiophene rings is 1. The molecule has 0 radical (unpaired) electrons. The number of aromatic carboxylic acids is 1. The van der Waals surface area contributed by atoms with Crippen LogP contribution in [0.2, 0.25) is 5.02 Å². The van der Waals surface area contributed by atoms with E-state index < -0.39 is 5.97 Å². The van der Waals surface area contributed by atoms with E-state index in [4.69, 9.17) is 21.4 Å². The molecule has 1 aromatic carbocycles. The van der Waals surface area contributed by atoms with Gasteiger partial charge in [0.1, 0.15) is 10.6 Å². The highest BCUT2D eigenvalue weighted by Gasteiger charge is 2.13. The number of carboxylic acid groups (broad SMARTS) is 1. The van der Waals surface area contributed by atoms with Crippen LogP contribution in [-0.4, -0.2) is 11.1 Å². The SMILES string of the molecule is Cc1cc(Cl)c(C(C)C)cc1Oc1ccc(C(=O)O)s1. The van der Waals surface area contributed by atoms with Gasteiger partial charge < -0.3 is 9.84 Å². The van der Waals surface area contributed by atoms with Gasteiger partial charge in [-0.15, -0.1) is 0 Å². The summed E-state index contributed by atoms with van der Waals surface area (Å²) >= 11 is 7.32. The molecule has 1 heterocycles. The normalized spacial score (nSPS) is 10.8. The van der Waals surface area contributed by atoms with Crippen LogP contribution in [0.25, 0.3) is 0 Å².